The van der Waals surface area contributed by atoms with E-state index in [2.05, 4.69) is 20.8 Å². The molecule has 0 aliphatic rings. The average molecular weight is 253 g/mol. The van der Waals surface area contributed by atoms with Crippen molar-refractivity contribution >= 4 is 0 Å². The summed E-state index contributed by atoms with van der Waals surface area (Å²) in [4.78, 5) is 0. The molecule has 0 bridgehead atoms. The quantitative estimate of drug-likeness (QED) is 0.290. The Morgan fingerprint density at radius 2 is 0.833 bits per heavy atom. The van der Waals surface area contributed by atoms with Gasteiger partial charge in [-0.3, -0.25) is 0 Å². The van der Waals surface area contributed by atoms with E-state index < -0.39 is 0 Å². The molecule has 0 saturated heterocycles. The SMILES string of the molecule is CCCCCCCCC[C](C)CCCCCCC. The second-order valence-electron chi connectivity index (χ2n) is 5.99. The largest absolute Gasteiger partial charge is 0.0654 e. The lowest BCUT2D eigenvalue weighted by atomic mass is 9.96. The molecule has 0 aromatic rings. The number of hydrogen-bond donors (Lipinski definition) is 0. The van der Waals surface area contributed by atoms with E-state index in [-0.39, 0.29) is 0 Å². The van der Waals surface area contributed by atoms with E-state index >= 15 is 0 Å². The third-order valence-electron chi connectivity index (χ3n) is 3.91. The zero-order valence-electron chi connectivity index (χ0n) is 13.4. The maximum Gasteiger partial charge on any atom is -0.0272 e. The van der Waals surface area contributed by atoms with E-state index in [1.54, 1.807) is 5.92 Å². The topological polar surface area (TPSA) is 0 Å². The molecule has 0 heterocycles. The van der Waals surface area contributed by atoms with Crippen LogP contribution in [-0.2, 0) is 0 Å². The van der Waals surface area contributed by atoms with E-state index in [9.17, 15) is 0 Å². The standard InChI is InChI=1S/C18H37/c1-4-6-8-10-11-13-15-17-18(3)16-14-12-9-7-5-2/h4-17H2,1-3H3. The third-order valence-corrected chi connectivity index (χ3v) is 3.91. The van der Waals surface area contributed by atoms with Crippen LogP contribution in [-0.4, -0.2) is 0 Å². The molecule has 0 aromatic heterocycles. The van der Waals surface area contributed by atoms with Crippen LogP contribution in [0.15, 0.2) is 0 Å². The van der Waals surface area contributed by atoms with Gasteiger partial charge in [-0.1, -0.05) is 97.8 Å². The molecule has 0 aromatic carbocycles. The zero-order chi connectivity index (χ0) is 13.5. The van der Waals surface area contributed by atoms with Crippen molar-refractivity contribution in [2.24, 2.45) is 0 Å². The van der Waals surface area contributed by atoms with E-state index in [0.717, 1.165) is 0 Å². The van der Waals surface area contributed by atoms with Gasteiger partial charge in [0.1, 0.15) is 0 Å². The van der Waals surface area contributed by atoms with Crippen molar-refractivity contribution in [2.45, 2.75) is 111 Å². The molecular formula is C18H37. The third kappa shape index (κ3) is 14.1. The Labute approximate surface area is 117 Å². The number of hydrogen-bond acceptors (Lipinski definition) is 0. The van der Waals surface area contributed by atoms with Crippen LogP contribution in [0.5, 0.6) is 0 Å². The van der Waals surface area contributed by atoms with Gasteiger partial charge in [-0.15, -0.1) is 0 Å². The fraction of sp³-hybridized carbons (Fsp3) is 0.944. The van der Waals surface area contributed by atoms with Crippen LogP contribution < -0.4 is 0 Å². The highest BCUT2D eigenvalue weighted by atomic mass is 14.1. The summed E-state index contributed by atoms with van der Waals surface area (Å²) in [6.45, 7) is 6.95. The van der Waals surface area contributed by atoms with E-state index in [1.165, 1.54) is 89.9 Å². The van der Waals surface area contributed by atoms with Gasteiger partial charge in [0.05, 0.1) is 0 Å². The lowest BCUT2D eigenvalue weighted by molar-refractivity contribution is 0.554. The Balaban J connectivity index is 3.09. The summed E-state index contributed by atoms with van der Waals surface area (Å²) in [6, 6.07) is 0. The van der Waals surface area contributed by atoms with Crippen LogP contribution in [0.2, 0.25) is 0 Å². The van der Waals surface area contributed by atoms with E-state index in [0.29, 0.717) is 0 Å². The maximum atomic E-state index is 2.37. The molecule has 1 radical (unpaired) electrons. The zero-order valence-corrected chi connectivity index (χ0v) is 13.4. The van der Waals surface area contributed by atoms with Crippen LogP contribution in [0, 0.1) is 5.92 Å². The maximum absolute atomic E-state index is 2.37. The monoisotopic (exact) mass is 253 g/mol. The Morgan fingerprint density at radius 1 is 0.500 bits per heavy atom. The van der Waals surface area contributed by atoms with Crippen molar-refractivity contribution in [3.05, 3.63) is 5.92 Å². The summed E-state index contributed by atoms with van der Waals surface area (Å²) in [7, 11) is 0. The van der Waals surface area contributed by atoms with Gasteiger partial charge in [0, 0.05) is 0 Å². The molecule has 0 unspecified atom stereocenters. The van der Waals surface area contributed by atoms with E-state index in [1.807, 2.05) is 0 Å². The van der Waals surface area contributed by atoms with Gasteiger partial charge in [-0.25, -0.2) is 0 Å². The normalized spacial score (nSPS) is 11.3. The molecule has 0 fully saturated rings. The molecule has 0 aliphatic heterocycles. The Kier molecular flexibility index (Phi) is 15.1. The minimum absolute atomic E-state index is 1.36. The minimum Gasteiger partial charge on any atom is -0.0654 e. The van der Waals surface area contributed by atoms with E-state index in [4.69, 9.17) is 0 Å². The Bertz CT molecular complexity index is 139. The number of unbranched alkanes of at least 4 members (excludes halogenated alkanes) is 10. The first-order valence-electron chi connectivity index (χ1n) is 8.62. The first-order valence-corrected chi connectivity index (χ1v) is 8.62. The molecule has 0 nitrogen and oxygen atoms in total. The van der Waals surface area contributed by atoms with Crippen molar-refractivity contribution in [3.8, 4) is 0 Å². The molecule has 0 aliphatic carbocycles. The highest BCUT2D eigenvalue weighted by molar-refractivity contribution is 4.83. The van der Waals surface area contributed by atoms with Gasteiger partial charge in [0.2, 0.25) is 0 Å². The molecule has 0 N–H and O–H groups in total. The molecule has 0 saturated carbocycles. The molecule has 0 atom stereocenters. The molecular weight excluding hydrogens is 216 g/mol. The molecule has 18 heavy (non-hydrogen) atoms. The first-order chi connectivity index (χ1) is 8.81. The van der Waals surface area contributed by atoms with Crippen molar-refractivity contribution in [1.29, 1.82) is 0 Å². The van der Waals surface area contributed by atoms with Gasteiger partial charge in [0.25, 0.3) is 0 Å². The lowest BCUT2D eigenvalue weighted by Crippen LogP contribution is -1.93. The summed E-state index contributed by atoms with van der Waals surface area (Å²) < 4.78 is 0. The second kappa shape index (κ2) is 15.1. The lowest BCUT2D eigenvalue weighted by Gasteiger charge is -2.10. The predicted octanol–water partition coefficient (Wildman–Crippen LogP) is 7.08. The molecule has 0 spiro atoms. The molecule has 109 valence electrons. The van der Waals surface area contributed by atoms with Gasteiger partial charge in [-0.2, -0.15) is 0 Å². The summed E-state index contributed by atoms with van der Waals surface area (Å²) in [6.07, 6.45) is 20.0. The van der Waals surface area contributed by atoms with Crippen molar-refractivity contribution < 1.29 is 0 Å². The van der Waals surface area contributed by atoms with Crippen LogP contribution in [0.3, 0.4) is 0 Å². The summed E-state index contributed by atoms with van der Waals surface area (Å²) in [5.74, 6) is 1.75. The average Bonchev–Trinajstić information content (AvgIpc) is 2.37. The second-order valence-corrected chi connectivity index (χ2v) is 5.99. The first kappa shape index (κ1) is 18.0. The van der Waals surface area contributed by atoms with Gasteiger partial charge < -0.3 is 0 Å². The van der Waals surface area contributed by atoms with Crippen LogP contribution >= 0.6 is 0 Å². The molecule has 0 amide bonds. The van der Waals surface area contributed by atoms with Crippen LogP contribution in [0.4, 0.5) is 0 Å². The van der Waals surface area contributed by atoms with Gasteiger partial charge >= 0.3 is 0 Å². The summed E-state index contributed by atoms with van der Waals surface area (Å²) in [5, 5.41) is 0. The van der Waals surface area contributed by atoms with Crippen molar-refractivity contribution in [1.82, 2.24) is 0 Å². The minimum atomic E-state index is 1.36. The Morgan fingerprint density at radius 3 is 1.22 bits per heavy atom. The molecule has 0 rings (SSSR count). The van der Waals surface area contributed by atoms with Gasteiger partial charge in [-0.05, 0) is 18.8 Å². The highest BCUT2D eigenvalue weighted by Crippen LogP contribution is 2.19. The fourth-order valence-corrected chi connectivity index (χ4v) is 2.54. The van der Waals surface area contributed by atoms with Gasteiger partial charge in [0.15, 0.2) is 0 Å². The smallest absolute Gasteiger partial charge is 0.0272 e. The fourth-order valence-electron chi connectivity index (χ4n) is 2.54. The van der Waals surface area contributed by atoms with Crippen molar-refractivity contribution in [3.63, 3.8) is 0 Å². The number of rotatable bonds is 14. The predicted molar refractivity (Wildman–Crippen MR) is 84.9 cm³/mol. The van der Waals surface area contributed by atoms with Crippen molar-refractivity contribution in [2.75, 3.05) is 0 Å². The highest BCUT2D eigenvalue weighted by Gasteiger charge is 2.02. The molecule has 0 heteroatoms. The summed E-state index contributed by atoms with van der Waals surface area (Å²) >= 11 is 0. The summed E-state index contributed by atoms with van der Waals surface area (Å²) in [5.41, 5.74) is 0. The van der Waals surface area contributed by atoms with Crippen LogP contribution in [0.1, 0.15) is 111 Å². The van der Waals surface area contributed by atoms with Crippen LogP contribution in [0.25, 0.3) is 0 Å². The Hall–Kier alpha value is 0.